The summed E-state index contributed by atoms with van der Waals surface area (Å²) in [5.41, 5.74) is 1.09. The number of nitrogens with zero attached hydrogens (tertiary/aromatic N) is 3. The highest BCUT2D eigenvalue weighted by molar-refractivity contribution is 6.04. The van der Waals surface area contributed by atoms with Crippen LogP contribution in [0.15, 0.2) is 6.20 Å². The summed E-state index contributed by atoms with van der Waals surface area (Å²) in [7, 11) is 1.76. The van der Waals surface area contributed by atoms with Crippen LogP contribution in [0, 0.1) is 6.92 Å². The number of carboxylic acid groups (broad SMARTS) is 1. The largest absolute Gasteiger partial charge is 0.478 e. The van der Waals surface area contributed by atoms with Crippen molar-refractivity contribution in [3.05, 3.63) is 17.5 Å². The number of aromatic nitrogens is 3. The molecule has 2 aromatic heterocycles. The Balaban J connectivity index is 2.73. The van der Waals surface area contributed by atoms with Crippen LogP contribution in [0.2, 0.25) is 0 Å². The Kier molecular flexibility index (Phi) is 3.63. The number of fused-ring (bicyclic) bond motifs is 1. The first-order valence-electron chi connectivity index (χ1n) is 6.67. The van der Waals surface area contributed by atoms with Crippen LogP contribution in [0.4, 0.5) is 5.69 Å². The van der Waals surface area contributed by atoms with Crippen LogP contribution >= 0.6 is 0 Å². The van der Waals surface area contributed by atoms with E-state index in [4.69, 9.17) is 0 Å². The van der Waals surface area contributed by atoms with Gasteiger partial charge in [0, 0.05) is 13.2 Å². The van der Waals surface area contributed by atoms with E-state index in [0.717, 1.165) is 0 Å². The molecule has 114 valence electrons. The molecule has 0 saturated carbocycles. The highest BCUT2D eigenvalue weighted by Crippen LogP contribution is 2.31. The van der Waals surface area contributed by atoms with Gasteiger partial charge in [0.2, 0.25) is 0 Å². The van der Waals surface area contributed by atoms with Crippen LogP contribution in [-0.2, 0) is 7.05 Å². The van der Waals surface area contributed by atoms with Crippen molar-refractivity contribution < 1.29 is 15.0 Å². The minimum Gasteiger partial charge on any atom is -0.478 e. The molecule has 7 heteroatoms. The number of carbonyl (C=O) groups is 1. The molecule has 0 aliphatic rings. The molecule has 2 rings (SSSR count). The lowest BCUT2D eigenvalue weighted by Gasteiger charge is -2.31. The van der Waals surface area contributed by atoms with E-state index < -0.39 is 17.6 Å². The second-order valence-electron chi connectivity index (χ2n) is 5.78. The predicted octanol–water partition coefficient (Wildman–Crippen LogP) is 1.55. The summed E-state index contributed by atoms with van der Waals surface area (Å²) in [6.45, 7) is 7.07. The summed E-state index contributed by atoms with van der Waals surface area (Å²) in [5.74, 6) is -1.07. The van der Waals surface area contributed by atoms with Crippen LogP contribution in [0.25, 0.3) is 11.0 Å². The molecule has 7 nitrogen and oxygen atoms in total. The molecule has 2 heterocycles. The summed E-state index contributed by atoms with van der Waals surface area (Å²) in [5, 5.41) is 27.3. The average molecular weight is 292 g/mol. The number of aryl methyl sites for hydroxylation is 2. The van der Waals surface area contributed by atoms with E-state index in [9.17, 15) is 15.0 Å². The summed E-state index contributed by atoms with van der Waals surface area (Å²) >= 11 is 0. The zero-order valence-electron chi connectivity index (χ0n) is 12.8. The maximum absolute atomic E-state index is 11.5. The van der Waals surface area contributed by atoms with Gasteiger partial charge < -0.3 is 15.5 Å². The van der Waals surface area contributed by atoms with Crippen molar-refractivity contribution in [2.75, 3.05) is 5.32 Å². The summed E-state index contributed by atoms with van der Waals surface area (Å²) in [6.07, 6.45) is 0.644. The number of hydrogen-bond donors (Lipinski definition) is 3. The number of aromatic carboxylic acids is 1. The number of aliphatic hydroxyl groups is 1. The van der Waals surface area contributed by atoms with Gasteiger partial charge in [0.05, 0.1) is 28.4 Å². The third-order valence-corrected chi connectivity index (χ3v) is 3.75. The number of pyridine rings is 1. The Bertz CT molecular complexity index is 704. The monoisotopic (exact) mass is 292 g/mol. The fraction of sp³-hybridized carbons (Fsp3) is 0.500. The Hall–Kier alpha value is -2.15. The first kappa shape index (κ1) is 15.2. The lowest BCUT2D eigenvalue weighted by molar-refractivity contribution is 0.0697. The minimum absolute atomic E-state index is 0.0623. The number of rotatable bonds is 4. The van der Waals surface area contributed by atoms with Gasteiger partial charge in [-0.2, -0.15) is 5.10 Å². The molecule has 0 fully saturated rings. The van der Waals surface area contributed by atoms with E-state index in [-0.39, 0.29) is 5.56 Å². The van der Waals surface area contributed by atoms with Crippen molar-refractivity contribution in [2.45, 2.75) is 39.3 Å². The van der Waals surface area contributed by atoms with Gasteiger partial charge >= 0.3 is 5.97 Å². The molecule has 1 atom stereocenters. The third-order valence-electron chi connectivity index (χ3n) is 3.75. The number of hydrogen-bond acceptors (Lipinski definition) is 5. The molecule has 0 radical (unpaired) electrons. The van der Waals surface area contributed by atoms with E-state index >= 15 is 0 Å². The van der Waals surface area contributed by atoms with E-state index in [1.165, 1.54) is 6.20 Å². The highest BCUT2D eigenvalue weighted by Gasteiger charge is 2.28. The maximum atomic E-state index is 11.5. The highest BCUT2D eigenvalue weighted by atomic mass is 16.4. The first-order valence-corrected chi connectivity index (χ1v) is 6.67. The molecule has 21 heavy (non-hydrogen) atoms. The molecule has 2 aromatic rings. The number of aliphatic hydroxyl groups excluding tert-OH is 1. The van der Waals surface area contributed by atoms with Gasteiger partial charge in [-0.05, 0) is 27.7 Å². The zero-order chi connectivity index (χ0) is 15.9. The Morgan fingerprint density at radius 3 is 2.62 bits per heavy atom. The quantitative estimate of drug-likeness (QED) is 0.790. The first-order chi connectivity index (χ1) is 9.65. The standard InChI is InChI=1S/C14H20N4O3/c1-7-10-11(16-14(3,4)8(2)19)9(13(20)21)6-15-12(10)18(5)17-7/h6,8,19H,1-5H3,(H,15,16)(H,20,21). The van der Waals surface area contributed by atoms with Crippen LogP contribution in [0.1, 0.15) is 36.8 Å². The van der Waals surface area contributed by atoms with Crippen LogP contribution in [-0.4, -0.2) is 42.6 Å². The van der Waals surface area contributed by atoms with Crippen molar-refractivity contribution in [3.63, 3.8) is 0 Å². The maximum Gasteiger partial charge on any atom is 0.339 e. The fourth-order valence-electron chi connectivity index (χ4n) is 2.13. The lowest BCUT2D eigenvalue weighted by Crippen LogP contribution is -2.42. The summed E-state index contributed by atoms with van der Waals surface area (Å²) in [6, 6.07) is 0. The van der Waals surface area contributed by atoms with Crippen molar-refractivity contribution in [2.24, 2.45) is 7.05 Å². The molecule has 0 aliphatic carbocycles. The van der Waals surface area contributed by atoms with Gasteiger partial charge in [-0.25, -0.2) is 9.78 Å². The number of carboxylic acids is 1. The van der Waals surface area contributed by atoms with Crippen LogP contribution in [0.5, 0.6) is 0 Å². The van der Waals surface area contributed by atoms with E-state index in [0.29, 0.717) is 22.4 Å². The van der Waals surface area contributed by atoms with Crippen molar-refractivity contribution in [3.8, 4) is 0 Å². The molecular weight excluding hydrogens is 272 g/mol. The Morgan fingerprint density at radius 2 is 2.10 bits per heavy atom. The van der Waals surface area contributed by atoms with E-state index in [2.05, 4.69) is 15.4 Å². The molecule has 0 spiro atoms. The summed E-state index contributed by atoms with van der Waals surface area (Å²) < 4.78 is 1.61. The molecular formula is C14H20N4O3. The SMILES string of the molecule is Cc1nn(C)c2ncc(C(=O)O)c(NC(C)(C)C(C)O)c12. The van der Waals surface area contributed by atoms with Crippen LogP contribution < -0.4 is 5.32 Å². The van der Waals surface area contributed by atoms with Gasteiger partial charge in [-0.3, -0.25) is 4.68 Å². The molecule has 0 aliphatic heterocycles. The van der Waals surface area contributed by atoms with Crippen molar-refractivity contribution in [1.82, 2.24) is 14.8 Å². The topological polar surface area (TPSA) is 100 Å². The van der Waals surface area contributed by atoms with Gasteiger partial charge in [0.1, 0.15) is 5.56 Å². The fourth-order valence-corrected chi connectivity index (χ4v) is 2.13. The number of anilines is 1. The normalized spacial score (nSPS) is 13.4. The predicted molar refractivity (Wildman–Crippen MR) is 79.6 cm³/mol. The van der Waals surface area contributed by atoms with Gasteiger partial charge in [-0.1, -0.05) is 0 Å². The van der Waals surface area contributed by atoms with Gasteiger partial charge in [0.25, 0.3) is 0 Å². The molecule has 0 amide bonds. The molecule has 0 bridgehead atoms. The molecule has 3 N–H and O–H groups in total. The lowest BCUT2D eigenvalue weighted by atomic mass is 9.97. The van der Waals surface area contributed by atoms with Crippen molar-refractivity contribution in [1.29, 1.82) is 0 Å². The smallest absolute Gasteiger partial charge is 0.339 e. The third kappa shape index (κ3) is 2.56. The van der Waals surface area contributed by atoms with Gasteiger partial charge in [-0.15, -0.1) is 0 Å². The second kappa shape index (κ2) is 5.00. The van der Waals surface area contributed by atoms with E-state index in [1.807, 2.05) is 0 Å². The Morgan fingerprint density at radius 1 is 1.48 bits per heavy atom. The second-order valence-corrected chi connectivity index (χ2v) is 5.78. The zero-order valence-corrected chi connectivity index (χ0v) is 12.8. The molecule has 0 saturated heterocycles. The number of nitrogens with one attached hydrogen (secondary N) is 1. The Labute approximate surface area is 122 Å². The van der Waals surface area contributed by atoms with Gasteiger partial charge in [0.15, 0.2) is 5.65 Å². The van der Waals surface area contributed by atoms with Crippen LogP contribution in [0.3, 0.4) is 0 Å². The molecule has 1 unspecified atom stereocenters. The minimum atomic E-state index is -1.07. The summed E-state index contributed by atoms with van der Waals surface area (Å²) in [4.78, 5) is 15.6. The van der Waals surface area contributed by atoms with Crippen molar-refractivity contribution >= 4 is 22.7 Å². The average Bonchev–Trinajstić information content (AvgIpc) is 2.64. The van der Waals surface area contributed by atoms with E-state index in [1.54, 1.807) is 39.4 Å². The molecule has 0 aromatic carbocycles.